The predicted octanol–water partition coefficient (Wildman–Crippen LogP) is 2.25. The Morgan fingerprint density at radius 3 is 2.62 bits per heavy atom. The number of carbonyl (C=O) groups excluding carboxylic acids is 1. The van der Waals surface area contributed by atoms with Crippen LogP contribution in [0.15, 0.2) is 53.3 Å². The summed E-state index contributed by atoms with van der Waals surface area (Å²) in [6.07, 6.45) is 9.90. The Labute approximate surface area is 247 Å². The van der Waals surface area contributed by atoms with E-state index in [1.54, 1.807) is 4.57 Å². The van der Waals surface area contributed by atoms with Crippen LogP contribution in [0.25, 0.3) is 23.4 Å². The minimum atomic E-state index is -0.325. The molecule has 8 heteroatoms. The average Bonchev–Trinajstić information content (AvgIpc) is 2.98. The molecule has 2 heterocycles. The normalized spacial score (nSPS) is 17.2. The van der Waals surface area contributed by atoms with Crippen LogP contribution in [0.4, 0.5) is 5.69 Å². The Kier molecular flexibility index (Phi) is 9.33. The molecule has 0 radical (unpaired) electrons. The zero-order chi connectivity index (χ0) is 29.6. The quantitative estimate of drug-likeness (QED) is 0.401. The molecule has 8 nitrogen and oxygen atoms in total. The maximum absolute atomic E-state index is 13.5. The summed E-state index contributed by atoms with van der Waals surface area (Å²) in [5, 5.41) is 4.69. The molecule has 42 heavy (non-hydrogen) atoms. The van der Waals surface area contributed by atoms with Crippen molar-refractivity contribution in [1.82, 2.24) is 19.4 Å². The van der Waals surface area contributed by atoms with Gasteiger partial charge in [-0.3, -0.25) is 14.3 Å². The third-order valence-corrected chi connectivity index (χ3v) is 7.90. The summed E-state index contributed by atoms with van der Waals surface area (Å²) in [4.78, 5) is 35.3. The molecule has 1 aliphatic carbocycles. The van der Waals surface area contributed by atoms with Crippen LogP contribution in [-0.2, 0) is 16.1 Å². The molecule has 1 aromatic heterocycles. The van der Waals surface area contributed by atoms with E-state index in [9.17, 15) is 9.59 Å². The third-order valence-electron chi connectivity index (χ3n) is 7.90. The van der Waals surface area contributed by atoms with Gasteiger partial charge in [0.25, 0.3) is 0 Å². The molecule has 218 valence electrons. The Balaban J connectivity index is 1.43. The topological polar surface area (TPSA) is 79.7 Å². The van der Waals surface area contributed by atoms with Gasteiger partial charge in [0, 0.05) is 42.6 Å². The Morgan fingerprint density at radius 2 is 1.90 bits per heavy atom. The lowest BCUT2D eigenvalue weighted by Crippen LogP contribution is -2.48. The number of likely N-dealkylation sites (N-methyl/N-ethyl adjacent to an activating group) is 1. The van der Waals surface area contributed by atoms with Gasteiger partial charge < -0.3 is 15.0 Å². The van der Waals surface area contributed by atoms with Crippen LogP contribution in [0, 0.1) is 12.3 Å². The first-order valence-electron chi connectivity index (χ1n) is 14.6. The number of rotatable bonds is 9. The number of benzene rings is 2. The van der Waals surface area contributed by atoms with Crippen LogP contribution in [-0.4, -0.2) is 77.7 Å². The molecule has 1 saturated heterocycles. The SMILES string of the molecule is C#CCOC1C=c2c(-c3ccc(C(C)C)cc3)nc(=O)n(Cc3cccc(NC(=O)CN4CCN(C)CC4)c3)c2=CC1. The van der Waals surface area contributed by atoms with Gasteiger partial charge in [-0.05, 0) is 48.7 Å². The fraction of sp³-hybridized carbons (Fsp3) is 0.382. The van der Waals surface area contributed by atoms with E-state index in [0.29, 0.717) is 36.8 Å². The number of fused-ring (bicyclic) bond motifs is 1. The van der Waals surface area contributed by atoms with Crippen LogP contribution in [0.1, 0.15) is 37.3 Å². The summed E-state index contributed by atoms with van der Waals surface area (Å²) >= 11 is 0. The molecule has 1 N–H and O–H groups in total. The van der Waals surface area contributed by atoms with E-state index in [4.69, 9.17) is 11.2 Å². The number of amides is 1. The molecule has 1 unspecified atom stereocenters. The molecule has 5 rings (SSSR count). The van der Waals surface area contributed by atoms with Gasteiger partial charge >= 0.3 is 5.69 Å². The predicted molar refractivity (Wildman–Crippen MR) is 168 cm³/mol. The lowest BCUT2D eigenvalue weighted by Gasteiger charge is -2.31. The van der Waals surface area contributed by atoms with Crippen LogP contribution < -0.4 is 21.6 Å². The van der Waals surface area contributed by atoms with Crippen LogP contribution >= 0.6 is 0 Å². The highest BCUT2D eigenvalue weighted by atomic mass is 16.5. The van der Waals surface area contributed by atoms with Crippen molar-refractivity contribution < 1.29 is 9.53 Å². The first-order valence-corrected chi connectivity index (χ1v) is 14.6. The molecule has 1 atom stereocenters. The molecule has 0 spiro atoms. The van der Waals surface area contributed by atoms with Crippen molar-refractivity contribution in [1.29, 1.82) is 0 Å². The number of nitrogens with zero attached hydrogens (tertiary/aromatic N) is 4. The van der Waals surface area contributed by atoms with Gasteiger partial charge in [-0.1, -0.05) is 62.2 Å². The number of hydrogen-bond acceptors (Lipinski definition) is 6. The molecule has 1 fully saturated rings. The average molecular weight is 566 g/mol. The molecular formula is C34H39N5O3. The van der Waals surface area contributed by atoms with Crippen molar-refractivity contribution >= 4 is 23.7 Å². The van der Waals surface area contributed by atoms with Gasteiger partial charge in [-0.2, -0.15) is 4.98 Å². The maximum atomic E-state index is 13.5. The van der Waals surface area contributed by atoms with Crippen molar-refractivity contribution in [2.24, 2.45) is 0 Å². The van der Waals surface area contributed by atoms with Crippen molar-refractivity contribution in [3.63, 3.8) is 0 Å². The van der Waals surface area contributed by atoms with Crippen molar-refractivity contribution in [3.05, 3.63) is 80.7 Å². The summed E-state index contributed by atoms with van der Waals surface area (Å²) in [6, 6.07) is 15.9. The van der Waals surface area contributed by atoms with Gasteiger partial charge in [0.1, 0.15) is 6.61 Å². The number of piperazine rings is 1. The standard InChI is InChI=1S/C34H39N5O3/c1-5-19-42-29-13-14-31-30(21-29)33(27-11-9-26(10-12-27)24(2)3)36-34(41)39(31)22-25-7-6-8-28(20-25)35-32(40)23-38-17-15-37(4)16-18-38/h1,6-12,14,20-21,24,29H,13,15-19,22-23H2,2-4H3,(H,35,40). The zero-order valence-corrected chi connectivity index (χ0v) is 24.7. The number of ether oxygens (including phenoxy) is 1. The summed E-state index contributed by atoms with van der Waals surface area (Å²) in [6.45, 7) is 8.89. The van der Waals surface area contributed by atoms with Crippen molar-refractivity contribution in [2.45, 2.75) is 38.8 Å². The first kappa shape index (κ1) is 29.5. The number of nitrogens with one attached hydrogen (secondary N) is 1. The fourth-order valence-electron chi connectivity index (χ4n) is 5.46. The van der Waals surface area contributed by atoms with E-state index in [-0.39, 0.29) is 24.3 Å². The number of carbonyl (C=O) groups is 1. The van der Waals surface area contributed by atoms with Crippen molar-refractivity contribution in [3.8, 4) is 23.6 Å². The van der Waals surface area contributed by atoms with Crippen molar-refractivity contribution in [2.75, 3.05) is 51.7 Å². The Hall–Kier alpha value is -4.03. The summed E-state index contributed by atoms with van der Waals surface area (Å²) in [7, 11) is 2.10. The second kappa shape index (κ2) is 13.3. The molecule has 0 bridgehead atoms. The van der Waals surface area contributed by atoms with Crippen LogP contribution in [0.2, 0.25) is 0 Å². The summed E-state index contributed by atoms with van der Waals surface area (Å²) in [5.41, 5.74) is 4.02. The molecule has 0 saturated carbocycles. The number of hydrogen-bond donors (Lipinski definition) is 1. The van der Waals surface area contributed by atoms with E-state index in [1.165, 1.54) is 5.56 Å². The van der Waals surface area contributed by atoms with E-state index in [0.717, 1.165) is 47.9 Å². The molecule has 1 amide bonds. The van der Waals surface area contributed by atoms with Gasteiger partial charge in [-0.15, -0.1) is 6.42 Å². The summed E-state index contributed by atoms with van der Waals surface area (Å²) in [5.74, 6) is 2.90. The molecule has 2 aliphatic rings. The van der Waals surface area contributed by atoms with E-state index in [2.05, 4.69) is 59.0 Å². The van der Waals surface area contributed by atoms with Gasteiger partial charge in [0.05, 0.1) is 30.2 Å². The van der Waals surface area contributed by atoms with Gasteiger partial charge in [0.15, 0.2) is 0 Å². The van der Waals surface area contributed by atoms with E-state index < -0.39 is 0 Å². The number of anilines is 1. The van der Waals surface area contributed by atoms with Gasteiger partial charge in [0.2, 0.25) is 5.91 Å². The number of terminal acetylenes is 1. The zero-order valence-electron chi connectivity index (χ0n) is 24.7. The smallest absolute Gasteiger partial charge is 0.348 e. The van der Waals surface area contributed by atoms with Gasteiger partial charge in [-0.25, -0.2) is 4.79 Å². The lowest BCUT2D eigenvalue weighted by molar-refractivity contribution is -0.117. The monoisotopic (exact) mass is 565 g/mol. The molecular weight excluding hydrogens is 526 g/mol. The highest BCUT2D eigenvalue weighted by molar-refractivity contribution is 5.92. The van der Waals surface area contributed by atoms with E-state index in [1.807, 2.05) is 48.6 Å². The van der Waals surface area contributed by atoms with Crippen LogP contribution in [0.3, 0.4) is 0 Å². The minimum Gasteiger partial charge on any atom is -0.361 e. The number of aromatic nitrogens is 2. The lowest BCUT2D eigenvalue weighted by atomic mass is 9.99. The highest BCUT2D eigenvalue weighted by Crippen LogP contribution is 2.19. The van der Waals surface area contributed by atoms with Crippen LogP contribution in [0.5, 0.6) is 0 Å². The molecule has 2 aromatic carbocycles. The minimum absolute atomic E-state index is 0.0401. The Morgan fingerprint density at radius 1 is 1.14 bits per heavy atom. The largest absolute Gasteiger partial charge is 0.361 e. The third kappa shape index (κ3) is 7.05. The highest BCUT2D eigenvalue weighted by Gasteiger charge is 2.18. The summed E-state index contributed by atoms with van der Waals surface area (Å²) < 4.78 is 7.54. The maximum Gasteiger partial charge on any atom is 0.348 e. The molecule has 1 aliphatic heterocycles. The second-order valence-corrected chi connectivity index (χ2v) is 11.4. The first-order chi connectivity index (χ1) is 20.3. The molecule has 3 aromatic rings. The van der Waals surface area contributed by atoms with E-state index >= 15 is 0 Å². The fourth-order valence-corrected chi connectivity index (χ4v) is 5.46. The second-order valence-electron chi connectivity index (χ2n) is 11.4. The Bertz CT molecular complexity index is 1640.